The summed E-state index contributed by atoms with van der Waals surface area (Å²) in [5, 5.41) is 19.7. The molecule has 0 saturated heterocycles. The summed E-state index contributed by atoms with van der Waals surface area (Å²) in [5.41, 5.74) is 4.72. The molecule has 10 heteroatoms. The SMILES string of the molecule is Cc1cc([N+](=O)[O-])ccc1S(=O)(=O)NCC(O)C(N)=O. The minimum absolute atomic E-state index is 0.167. The number of benzene rings is 1. The lowest BCUT2D eigenvalue weighted by atomic mass is 10.2. The van der Waals surface area contributed by atoms with Gasteiger partial charge in [0.25, 0.3) is 5.69 Å². The van der Waals surface area contributed by atoms with Crippen LogP contribution in [0.4, 0.5) is 5.69 Å². The van der Waals surface area contributed by atoms with E-state index in [1.54, 1.807) is 0 Å². The van der Waals surface area contributed by atoms with E-state index in [0.29, 0.717) is 0 Å². The van der Waals surface area contributed by atoms with Gasteiger partial charge in [0.05, 0.1) is 9.82 Å². The number of aryl methyl sites for hydroxylation is 1. The summed E-state index contributed by atoms with van der Waals surface area (Å²) < 4.78 is 25.8. The number of nitrogens with one attached hydrogen (secondary N) is 1. The Labute approximate surface area is 114 Å². The van der Waals surface area contributed by atoms with Crippen molar-refractivity contribution >= 4 is 21.6 Å². The molecule has 1 atom stereocenters. The van der Waals surface area contributed by atoms with Crippen molar-refractivity contribution in [2.24, 2.45) is 5.73 Å². The predicted molar refractivity (Wildman–Crippen MR) is 68.2 cm³/mol. The number of primary amides is 1. The van der Waals surface area contributed by atoms with E-state index in [1.807, 2.05) is 4.72 Å². The van der Waals surface area contributed by atoms with E-state index < -0.39 is 33.5 Å². The molecular formula is C10H13N3O6S. The molecule has 0 aliphatic rings. The number of sulfonamides is 1. The lowest BCUT2D eigenvalue weighted by Crippen LogP contribution is -2.40. The van der Waals surface area contributed by atoms with Gasteiger partial charge in [0, 0.05) is 18.7 Å². The quantitative estimate of drug-likeness (QED) is 0.454. The highest BCUT2D eigenvalue weighted by Crippen LogP contribution is 2.20. The van der Waals surface area contributed by atoms with Crippen LogP contribution in [0, 0.1) is 17.0 Å². The first-order chi connectivity index (χ1) is 9.15. The number of nitro benzene ring substituents is 1. The fourth-order valence-corrected chi connectivity index (χ4v) is 2.68. The third-order valence-electron chi connectivity index (χ3n) is 2.45. The summed E-state index contributed by atoms with van der Waals surface area (Å²) in [4.78, 5) is 20.3. The topological polar surface area (TPSA) is 153 Å². The molecule has 0 saturated carbocycles. The molecule has 9 nitrogen and oxygen atoms in total. The number of nitro groups is 1. The molecule has 0 radical (unpaired) electrons. The highest BCUT2D eigenvalue weighted by Gasteiger charge is 2.21. The Bertz CT molecular complexity index is 642. The number of carbonyl (C=O) groups excluding carboxylic acids is 1. The van der Waals surface area contributed by atoms with Crippen molar-refractivity contribution in [2.45, 2.75) is 17.9 Å². The summed E-state index contributed by atoms with van der Waals surface area (Å²) in [6.07, 6.45) is -1.65. The van der Waals surface area contributed by atoms with Crippen molar-refractivity contribution in [3.63, 3.8) is 0 Å². The van der Waals surface area contributed by atoms with Gasteiger partial charge < -0.3 is 10.8 Å². The molecular weight excluding hydrogens is 290 g/mol. The third-order valence-corrected chi connectivity index (χ3v) is 4.04. The average Bonchev–Trinajstić information content (AvgIpc) is 2.35. The van der Waals surface area contributed by atoms with E-state index in [0.717, 1.165) is 18.2 Å². The van der Waals surface area contributed by atoms with Crippen LogP contribution in [0.1, 0.15) is 5.56 Å². The van der Waals surface area contributed by atoms with Crippen LogP contribution in [0.25, 0.3) is 0 Å². The number of hydrogen-bond acceptors (Lipinski definition) is 6. The molecule has 0 fully saturated rings. The first-order valence-electron chi connectivity index (χ1n) is 5.37. The van der Waals surface area contributed by atoms with Crippen molar-refractivity contribution in [1.29, 1.82) is 0 Å². The number of carbonyl (C=O) groups is 1. The number of non-ortho nitro benzene ring substituents is 1. The van der Waals surface area contributed by atoms with Crippen LogP contribution in [0.3, 0.4) is 0 Å². The van der Waals surface area contributed by atoms with Gasteiger partial charge in [-0.3, -0.25) is 14.9 Å². The number of hydrogen-bond donors (Lipinski definition) is 3. The Balaban J connectivity index is 2.99. The van der Waals surface area contributed by atoms with Crippen molar-refractivity contribution in [3.05, 3.63) is 33.9 Å². The minimum Gasteiger partial charge on any atom is -0.382 e. The standard InChI is InChI=1S/C10H13N3O6S/c1-6-4-7(13(16)17)2-3-9(6)20(18,19)12-5-8(14)10(11)15/h2-4,8,12,14H,5H2,1H3,(H2,11,15). The van der Waals surface area contributed by atoms with Crippen LogP contribution in [0.15, 0.2) is 23.1 Å². The molecule has 1 amide bonds. The summed E-state index contributed by atoms with van der Waals surface area (Å²) in [6.45, 7) is 0.820. The fourth-order valence-electron chi connectivity index (χ4n) is 1.42. The maximum absolute atomic E-state index is 11.9. The average molecular weight is 303 g/mol. The number of nitrogens with zero attached hydrogens (tertiary/aromatic N) is 1. The highest BCUT2D eigenvalue weighted by molar-refractivity contribution is 7.89. The molecule has 0 aliphatic heterocycles. The second-order valence-electron chi connectivity index (χ2n) is 3.98. The first-order valence-corrected chi connectivity index (χ1v) is 6.85. The lowest BCUT2D eigenvalue weighted by molar-refractivity contribution is -0.385. The zero-order valence-electron chi connectivity index (χ0n) is 10.4. The van der Waals surface area contributed by atoms with Gasteiger partial charge in [-0.25, -0.2) is 13.1 Å². The van der Waals surface area contributed by atoms with Gasteiger partial charge in [-0.1, -0.05) is 0 Å². The molecule has 1 aromatic rings. The molecule has 1 aromatic carbocycles. The molecule has 1 rings (SSSR count). The number of aliphatic hydroxyl groups excluding tert-OH is 1. The van der Waals surface area contributed by atoms with Gasteiger partial charge in [-0.15, -0.1) is 0 Å². The predicted octanol–water partition coefficient (Wildman–Crippen LogP) is -0.972. The van der Waals surface area contributed by atoms with Gasteiger partial charge >= 0.3 is 0 Å². The zero-order valence-corrected chi connectivity index (χ0v) is 11.3. The van der Waals surface area contributed by atoms with Crippen LogP contribution in [-0.2, 0) is 14.8 Å². The van der Waals surface area contributed by atoms with Crippen LogP contribution < -0.4 is 10.5 Å². The normalized spacial score (nSPS) is 12.9. The van der Waals surface area contributed by atoms with Crippen molar-refractivity contribution in [2.75, 3.05) is 6.54 Å². The molecule has 20 heavy (non-hydrogen) atoms. The van der Waals surface area contributed by atoms with Crippen LogP contribution in [-0.4, -0.2) is 37.0 Å². The molecule has 0 heterocycles. The van der Waals surface area contributed by atoms with E-state index >= 15 is 0 Å². The number of rotatable bonds is 6. The van der Waals surface area contributed by atoms with E-state index in [-0.39, 0.29) is 16.1 Å². The van der Waals surface area contributed by atoms with E-state index in [1.165, 1.54) is 6.92 Å². The molecule has 0 aromatic heterocycles. The van der Waals surface area contributed by atoms with Crippen LogP contribution in [0.2, 0.25) is 0 Å². The first kappa shape index (κ1) is 16.0. The zero-order chi connectivity index (χ0) is 15.5. The van der Waals surface area contributed by atoms with Crippen LogP contribution >= 0.6 is 0 Å². The van der Waals surface area contributed by atoms with Crippen LogP contribution in [0.5, 0.6) is 0 Å². The highest BCUT2D eigenvalue weighted by atomic mass is 32.2. The molecule has 0 bridgehead atoms. The van der Waals surface area contributed by atoms with E-state index in [2.05, 4.69) is 0 Å². The second kappa shape index (κ2) is 5.94. The Morgan fingerprint density at radius 2 is 2.15 bits per heavy atom. The van der Waals surface area contributed by atoms with Crippen molar-refractivity contribution < 1.29 is 23.2 Å². The Morgan fingerprint density at radius 1 is 1.55 bits per heavy atom. The maximum atomic E-state index is 11.9. The monoisotopic (exact) mass is 303 g/mol. The lowest BCUT2D eigenvalue weighted by Gasteiger charge is -2.11. The smallest absolute Gasteiger partial charge is 0.269 e. The Kier molecular flexibility index (Phi) is 4.76. The van der Waals surface area contributed by atoms with E-state index in [9.17, 15) is 23.3 Å². The van der Waals surface area contributed by atoms with Gasteiger partial charge in [0.1, 0.15) is 6.10 Å². The molecule has 1 unspecified atom stereocenters. The number of nitrogens with two attached hydrogens (primary N) is 1. The van der Waals surface area contributed by atoms with Gasteiger partial charge in [0.15, 0.2) is 0 Å². The summed E-state index contributed by atoms with van der Waals surface area (Å²) in [5.74, 6) is -1.06. The second-order valence-corrected chi connectivity index (χ2v) is 5.71. The minimum atomic E-state index is -4.00. The van der Waals surface area contributed by atoms with Gasteiger partial charge in [-0.05, 0) is 18.6 Å². The van der Waals surface area contributed by atoms with E-state index in [4.69, 9.17) is 10.8 Å². The third kappa shape index (κ3) is 3.73. The number of amides is 1. The van der Waals surface area contributed by atoms with Crippen molar-refractivity contribution in [3.8, 4) is 0 Å². The summed E-state index contributed by atoms with van der Waals surface area (Å²) >= 11 is 0. The largest absolute Gasteiger partial charge is 0.382 e. The van der Waals surface area contributed by atoms with Crippen molar-refractivity contribution in [1.82, 2.24) is 4.72 Å². The summed E-state index contributed by atoms with van der Waals surface area (Å²) in [7, 11) is -4.00. The Hall–Kier alpha value is -2.04. The summed E-state index contributed by atoms with van der Waals surface area (Å²) in [6, 6.07) is 3.23. The van der Waals surface area contributed by atoms with Gasteiger partial charge in [-0.2, -0.15) is 0 Å². The number of aliphatic hydroxyl groups is 1. The maximum Gasteiger partial charge on any atom is 0.269 e. The molecule has 0 aliphatic carbocycles. The molecule has 110 valence electrons. The fraction of sp³-hybridized carbons (Fsp3) is 0.300. The Morgan fingerprint density at radius 3 is 2.60 bits per heavy atom. The van der Waals surface area contributed by atoms with Gasteiger partial charge in [0.2, 0.25) is 15.9 Å². The molecule has 0 spiro atoms. The molecule has 4 N–H and O–H groups in total.